The molecule has 0 saturated carbocycles. The molecule has 2 N–H and O–H groups in total. The molecule has 0 aromatic heterocycles. The van der Waals surface area contributed by atoms with Gasteiger partial charge >= 0.3 is 6.09 Å². The molecule has 2 amide bonds. The van der Waals surface area contributed by atoms with Crippen molar-refractivity contribution in [1.82, 2.24) is 10.2 Å². The molecule has 1 heterocycles. The molecule has 0 spiro atoms. The van der Waals surface area contributed by atoms with E-state index in [4.69, 9.17) is 14.3 Å². The number of nitrogens with one attached hydrogen (secondary N) is 1. The van der Waals surface area contributed by atoms with Crippen molar-refractivity contribution in [2.75, 3.05) is 19.7 Å². The fourth-order valence-corrected chi connectivity index (χ4v) is 3.85. The first-order valence-electron chi connectivity index (χ1n) is 9.22. The molecule has 0 aliphatic carbocycles. The lowest BCUT2D eigenvalue weighted by Gasteiger charge is -2.45. The van der Waals surface area contributed by atoms with Gasteiger partial charge < -0.3 is 24.5 Å². The Labute approximate surface area is 158 Å². The van der Waals surface area contributed by atoms with Crippen LogP contribution in [-0.4, -0.2) is 67.8 Å². The number of nitrogens with zero attached hydrogens (tertiary/aromatic N) is 1. The molecule has 1 saturated heterocycles. The van der Waals surface area contributed by atoms with Gasteiger partial charge in [0.15, 0.2) is 8.32 Å². The third kappa shape index (κ3) is 6.55. The molecule has 1 fully saturated rings. The number of carbonyl (C=O) groups excluding carboxylic acids is 2. The van der Waals surface area contributed by atoms with Gasteiger partial charge in [-0.2, -0.15) is 0 Å². The number of rotatable bonds is 4. The molecule has 7 nitrogen and oxygen atoms in total. The Kier molecular flexibility index (Phi) is 7.29. The maximum atomic E-state index is 12.4. The van der Waals surface area contributed by atoms with E-state index in [9.17, 15) is 9.59 Å². The quantitative estimate of drug-likeness (QED) is 0.723. The molecule has 1 aliphatic rings. The SMILES string of the molecule is CC(C)(C)OC(=O)N1CCC(NC(=O)CO)C(O[Si](C)(C)C(C)(C)C)C1. The number of ether oxygens (including phenoxy) is 1. The summed E-state index contributed by atoms with van der Waals surface area (Å²) in [6.45, 7) is 16.5. The van der Waals surface area contributed by atoms with Gasteiger partial charge in [-0.05, 0) is 45.3 Å². The number of hydrogen-bond donors (Lipinski definition) is 2. The van der Waals surface area contributed by atoms with E-state index < -0.39 is 26.4 Å². The number of amides is 2. The summed E-state index contributed by atoms with van der Waals surface area (Å²) >= 11 is 0. The number of likely N-dealkylation sites (tertiary alicyclic amines) is 1. The zero-order valence-electron chi connectivity index (χ0n) is 17.5. The first-order chi connectivity index (χ1) is 11.7. The van der Waals surface area contributed by atoms with Gasteiger partial charge in [0.1, 0.15) is 12.2 Å². The summed E-state index contributed by atoms with van der Waals surface area (Å²) in [6.07, 6.45) is -0.134. The van der Waals surface area contributed by atoms with Gasteiger partial charge in [-0.3, -0.25) is 4.79 Å². The Morgan fingerprint density at radius 1 is 1.19 bits per heavy atom. The van der Waals surface area contributed by atoms with Crippen LogP contribution in [0, 0.1) is 0 Å². The van der Waals surface area contributed by atoms with E-state index in [0.717, 1.165) is 0 Å². The van der Waals surface area contributed by atoms with E-state index in [1.165, 1.54) is 0 Å². The second kappa shape index (κ2) is 8.27. The highest BCUT2D eigenvalue weighted by Crippen LogP contribution is 2.38. The van der Waals surface area contributed by atoms with Crippen LogP contribution >= 0.6 is 0 Å². The average molecular weight is 389 g/mol. The van der Waals surface area contributed by atoms with E-state index in [1.807, 2.05) is 20.8 Å². The fraction of sp³-hybridized carbons (Fsp3) is 0.889. The van der Waals surface area contributed by atoms with Crippen molar-refractivity contribution >= 4 is 20.3 Å². The van der Waals surface area contributed by atoms with Crippen LogP contribution in [0.4, 0.5) is 4.79 Å². The first-order valence-corrected chi connectivity index (χ1v) is 12.1. The maximum Gasteiger partial charge on any atom is 0.410 e. The Balaban J connectivity index is 2.94. The summed E-state index contributed by atoms with van der Waals surface area (Å²) in [4.78, 5) is 25.8. The second-order valence-corrected chi connectivity index (χ2v) is 14.2. The van der Waals surface area contributed by atoms with Crippen LogP contribution in [0.3, 0.4) is 0 Å². The fourth-order valence-electron chi connectivity index (χ4n) is 2.50. The van der Waals surface area contributed by atoms with Crippen LogP contribution in [0.15, 0.2) is 0 Å². The van der Waals surface area contributed by atoms with Crippen molar-refractivity contribution in [2.24, 2.45) is 0 Å². The van der Waals surface area contributed by atoms with Crippen LogP contribution in [0.5, 0.6) is 0 Å². The average Bonchev–Trinajstić information content (AvgIpc) is 2.45. The molecule has 26 heavy (non-hydrogen) atoms. The van der Waals surface area contributed by atoms with E-state index >= 15 is 0 Å². The highest BCUT2D eigenvalue weighted by molar-refractivity contribution is 6.74. The molecule has 0 radical (unpaired) electrons. The summed E-state index contributed by atoms with van der Waals surface area (Å²) in [5.41, 5.74) is -0.561. The van der Waals surface area contributed by atoms with E-state index in [-0.39, 0.29) is 23.3 Å². The Morgan fingerprint density at radius 2 is 1.77 bits per heavy atom. The lowest BCUT2D eigenvalue weighted by atomic mass is 10.0. The van der Waals surface area contributed by atoms with Crippen molar-refractivity contribution in [3.8, 4) is 0 Å². The predicted octanol–water partition coefficient (Wildman–Crippen LogP) is 2.49. The molecule has 2 atom stereocenters. The minimum Gasteiger partial charge on any atom is -0.444 e. The van der Waals surface area contributed by atoms with Crippen molar-refractivity contribution < 1.29 is 23.9 Å². The topological polar surface area (TPSA) is 88.1 Å². The number of hydrogen-bond acceptors (Lipinski definition) is 5. The summed E-state index contributed by atoms with van der Waals surface area (Å²) in [6, 6.07) is -0.234. The summed E-state index contributed by atoms with van der Waals surface area (Å²) < 4.78 is 12.0. The molecular formula is C18H36N2O5Si. The highest BCUT2D eigenvalue weighted by Gasteiger charge is 2.43. The smallest absolute Gasteiger partial charge is 0.410 e. The Morgan fingerprint density at radius 3 is 2.23 bits per heavy atom. The third-order valence-corrected chi connectivity index (χ3v) is 9.46. The minimum absolute atomic E-state index is 0.00668. The number of aliphatic hydroxyl groups excluding tert-OH is 1. The minimum atomic E-state index is -2.10. The van der Waals surface area contributed by atoms with E-state index in [2.05, 4.69) is 39.2 Å². The second-order valence-electron chi connectivity index (χ2n) is 9.46. The molecule has 1 aliphatic heterocycles. The highest BCUT2D eigenvalue weighted by atomic mass is 28.4. The largest absolute Gasteiger partial charge is 0.444 e. The van der Waals surface area contributed by atoms with Crippen LogP contribution in [-0.2, 0) is 14.0 Å². The molecule has 0 aromatic carbocycles. The van der Waals surface area contributed by atoms with E-state index in [0.29, 0.717) is 19.5 Å². The molecule has 0 aromatic rings. The van der Waals surface area contributed by atoms with Gasteiger partial charge in [-0.1, -0.05) is 20.8 Å². The standard InChI is InChI=1S/C18H36N2O5Si/c1-17(2,3)24-16(23)20-10-9-13(19-15(22)12-21)14(11-20)25-26(7,8)18(4,5)6/h13-14,21H,9-12H2,1-8H3,(H,19,22). The van der Waals surface area contributed by atoms with E-state index in [1.54, 1.807) is 4.90 Å². The van der Waals surface area contributed by atoms with Crippen LogP contribution < -0.4 is 5.32 Å². The number of carbonyl (C=O) groups is 2. The zero-order chi connectivity index (χ0) is 20.3. The van der Waals surface area contributed by atoms with Crippen LogP contribution in [0.25, 0.3) is 0 Å². The van der Waals surface area contributed by atoms with Gasteiger partial charge in [0.25, 0.3) is 0 Å². The Hall–Kier alpha value is -1.12. The molecule has 1 rings (SSSR count). The molecular weight excluding hydrogens is 352 g/mol. The molecule has 2 unspecified atom stereocenters. The normalized spacial score (nSPS) is 22.1. The number of aliphatic hydroxyl groups is 1. The van der Waals surface area contributed by atoms with Gasteiger partial charge in [0, 0.05) is 6.54 Å². The first kappa shape index (κ1) is 22.9. The summed E-state index contributed by atoms with van der Waals surface area (Å²) in [5.74, 6) is -0.426. The van der Waals surface area contributed by atoms with Crippen molar-refractivity contribution in [1.29, 1.82) is 0 Å². The third-order valence-electron chi connectivity index (χ3n) is 4.95. The van der Waals surface area contributed by atoms with Crippen molar-refractivity contribution in [3.63, 3.8) is 0 Å². The van der Waals surface area contributed by atoms with Crippen molar-refractivity contribution in [2.45, 2.75) is 83.8 Å². The maximum absolute atomic E-state index is 12.4. The Bertz CT molecular complexity index is 511. The van der Waals surface area contributed by atoms with Gasteiger partial charge in [-0.25, -0.2) is 4.79 Å². The van der Waals surface area contributed by atoms with Gasteiger partial charge in [0.2, 0.25) is 5.91 Å². The molecule has 152 valence electrons. The zero-order valence-corrected chi connectivity index (χ0v) is 18.5. The van der Waals surface area contributed by atoms with Gasteiger partial charge in [0.05, 0.1) is 18.7 Å². The predicted molar refractivity (Wildman–Crippen MR) is 104 cm³/mol. The van der Waals surface area contributed by atoms with Crippen LogP contribution in [0.2, 0.25) is 18.1 Å². The molecule has 0 bridgehead atoms. The lowest BCUT2D eigenvalue weighted by Crippen LogP contribution is -2.60. The molecule has 8 heteroatoms. The van der Waals surface area contributed by atoms with Gasteiger partial charge in [-0.15, -0.1) is 0 Å². The summed E-state index contributed by atoms with van der Waals surface area (Å²) in [7, 11) is -2.10. The lowest BCUT2D eigenvalue weighted by molar-refractivity contribution is -0.125. The van der Waals surface area contributed by atoms with Crippen molar-refractivity contribution in [3.05, 3.63) is 0 Å². The summed E-state index contributed by atoms with van der Waals surface area (Å²) in [5, 5.41) is 11.9. The monoisotopic (exact) mass is 388 g/mol. The number of piperidine rings is 1. The van der Waals surface area contributed by atoms with Crippen LogP contribution in [0.1, 0.15) is 48.0 Å².